The summed E-state index contributed by atoms with van der Waals surface area (Å²) in [5.74, 6) is 2.18. The fourth-order valence-corrected chi connectivity index (χ4v) is 5.67. The Morgan fingerprint density at radius 2 is 1.62 bits per heavy atom. The minimum Gasteiger partial charge on any atom is -0.459 e. The highest BCUT2D eigenvalue weighted by Gasteiger charge is 2.42. The molecule has 0 amide bonds. The van der Waals surface area contributed by atoms with E-state index in [2.05, 4.69) is 80.6 Å². The third-order valence-electron chi connectivity index (χ3n) is 6.80. The minimum atomic E-state index is 0.00633. The molecule has 0 bridgehead atoms. The van der Waals surface area contributed by atoms with E-state index in [0.29, 0.717) is 5.02 Å². The van der Waals surface area contributed by atoms with Crippen LogP contribution in [0, 0.1) is 0 Å². The van der Waals surface area contributed by atoms with E-state index < -0.39 is 0 Å². The SMILES string of the molecule is CC1(C)c2ccccc2-c2c(C3C=CC=C4Oc5c(Cl)cccc5C43)cccc21. The van der Waals surface area contributed by atoms with Gasteiger partial charge in [0.25, 0.3) is 0 Å². The first kappa shape index (κ1) is 17.1. The van der Waals surface area contributed by atoms with Crippen LogP contribution in [0.5, 0.6) is 5.75 Å². The van der Waals surface area contributed by atoms with Gasteiger partial charge in [-0.15, -0.1) is 0 Å². The lowest BCUT2D eigenvalue weighted by atomic mass is 9.75. The first-order valence-corrected chi connectivity index (χ1v) is 10.5. The van der Waals surface area contributed by atoms with Gasteiger partial charge >= 0.3 is 0 Å². The molecule has 2 aliphatic carbocycles. The van der Waals surface area contributed by atoms with Crippen molar-refractivity contribution in [1.29, 1.82) is 0 Å². The molecule has 1 heterocycles. The van der Waals surface area contributed by atoms with Crippen LogP contribution >= 0.6 is 11.6 Å². The highest BCUT2D eigenvalue weighted by atomic mass is 35.5. The second kappa shape index (κ2) is 5.87. The number of hydrogen-bond donors (Lipinski definition) is 0. The van der Waals surface area contributed by atoms with E-state index >= 15 is 0 Å². The fourth-order valence-electron chi connectivity index (χ4n) is 5.45. The van der Waals surface area contributed by atoms with Gasteiger partial charge in [-0.2, -0.15) is 0 Å². The summed E-state index contributed by atoms with van der Waals surface area (Å²) in [4.78, 5) is 0. The molecule has 0 fully saturated rings. The van der Waals surface area contributed by atoms with Crippen molar-refractivity contribution in [2.45, 2.75) is 31.1 Å². The summed E-state index contributed by atoms with van der Waals surface area (Å²) in [6, 6.07) is 21.7. The summed E-state index contributed by atoms with van der Waals surface area (Å²) in [7, 11) is 0. The second-order valence-electron chi connectivity index (χ2n) is 8.66. The maximum atomic E-state index is 6.45. The number of benzene rings is 3. The van der Waals surface area contributed by atoms with Crippen molar-refractivity contribution in [3.63, 3.8) is 0 Å². The lowest BCUT2D eigenvalue weighted by molar-refractivity contribution is 0.417. The van der Waals surface area contributed by atoms with Crippen molar-refractivity contribution in [2.24, 2.45) is 0 Å². The van der Waals surface area contributed by atoms with E-state index in [1.807, 2.05) is 12.1 Å². The zero-order chi connectivity index (χ0) is 19.8. The van der Waals surface area contributed by atoms with Crippen molar-refractivity contribution < 1.29 is 4.74 Å². The van der Waals surface area contributed by atoms with Gasteiger partial charge in [0.1, 0.15) is 11.5 Å². The van der Waals surface area contributed by atoms with Gasteiger partial charge < -0.3 is 4.74 Å². The molecule has 0 saturated carbocycles. The van der Waals surface area contributed by atoms with E-state index in [1.54, 1.807) is 0 Å². The van der Waals surface area contributed by atoms with Crippen LogP contribution in [0.4, 0.5) is 0 Å². The smallest absolute Gasteiger partial charge is 0.149 e. The first-order valence-electron chi connectivity index (χ1n) is 10.2. The molecule has 2 unspecified atom stereocenters. The Balaban J connectivity index is 1.58. The largest absolute Gasteiger partial charge is 0.459 e. The van der Waals surface area contributed by atoms with Crippen LogP contribution in [0.25, 0.3) is 11.1 Å². The van der Waals surface area contributed by atoms with Crippen LogP contribution in [0.1, 0.15) is 47.9 Å². The second-order valence-corrected chi connectivity index (χ2v) is 9.07. The zero-order valence-electron chi connectivity index (χ0n) is 16.4. The van der Waals surface area contributed by atoms with E-state index in [1.165, 1.54) is 33.4 Å². The zero-order valence-corrected chi connectivity index (χ0v) is 17.2. The maximum absolute atomic E-state index is 6.45. The first-order chi connectivity index (χ1) is 14.1. The highest BCUT2D eigenvalue weighted by Crippen LogP contribution is 2.57. The van der Waals surface area contributed by atoms with Crippen molar-refractivity contribution in [3.8, 4) is 16.9 Å². The van der Waals surface area contributed by atoms with Gasteiger partial charge in [-0.3, -0.25) is 0 Å². The van der Waals surface area contributed by atoms with Crippen LogP contribution in [-0.2, 0) is 5.41 Å². The Bertz CT molecular complexity index is 1230. The Hall–Kier alpha value is -2.77. The molecule has 1 nitrogen and oxygen atoms in total. The molecule has 3 aliphatic rings. The van der Waals surface area contributed by atoms with E-state index in [0.717, 1.165) is 11.5 Å². The molecule has 0 N–H and O–H groups in total. The highest BCUT2D eigenvalue weighted by molar-refractivity contribution is 6.32. The summed E-state index contributed by atoms with van der Waals surface area (Å²) in [6.07, 6.45) is 6.53. The van der Waals surface area contributed by atoms with Crippen molar-refractivity contribution in [3.05, 3.63) is 112 Å². The molecular formula is C27H21ClO. The molecule has 2 atom stereocenters. The summed E-state index contributed by atoms with van der Waals surface area (Å²) >= 11 is 6.45. The van der Waals surface area contributed by atoms with Gasteiger partial charge in [0.2, 0.25) is 0 Å². The van der Waals surface area contributed by atoms with Crippen LogP contribution in [-0.4, -0.2) is 0 Å². The van der Waals surface area contributed by atoms with Gasteiger partial charge in [-0.1, -0.05) is 92.2 Å². The molecule has 2 heteroatoms. The molecule has 3 aromatic rings. The predicted octanol–water partition coefficient (Wildman–Crippen LogP) is 7.36. The lowest BCUT2D eigenvalue weighted by Crippen LogP contribution is -2.16. The van der Waals surface area contributed by atoms with Gasteiger partial charge in [-0.05, 0) is 40.0 Å². The normalized spacial score (nSPS) is 22.2. The third-order valence-corrected chi connectivity index (χ3v) is 7.09. The van der Waals surface area contributed by atoms with Crippen molar-refractivity contribution >= 4 is 11.6 Å². The van der Waals surface area contributed by atoms with Crippen LogP contribution in [0.15, 0.2) is 84.7 Å². The monoisotopic (exact) mass is 396 g/mol. The van der Waals surface area contributed by atoms with Gasteiger partial charge in [0, 0.05) is 16.9 Å². The number of ether oxygens (including phenoxy) is 1. The van der Waals surface area contributed by atoms with E-state index in [4.69, 9.17) is 16.3 Å². The Morgan fingerprint density at radius 1 is 0.862 bits per heavy atom. The molecule has 6 rings (SSSR count). The number of hydrogen-bond acceptors (Lipinski definition) is 1. The third kappa shape index (κ3) is 2.22. The van der Waals surface area contributed by atoms with E-state index in [-0.39, 0.29) is 17.3 Å². The van der Waals surface area contributed by atoms with Crippen LogP contribution < -0.4 is 4.74 Å². The van der Waals surface area contributed by atoms with Gasteiger partial charge in [0.05, 0.1) is 10.9 Å². The van der Waals surface area contributed by atoms with E-state index in [9.17, 15) is 0 Å². The molecule has 142 valence electrons. The Morgan fingerprint density at radius 3 is 2.52 bits per heavy atom. The number of allylic oxidation sites excluding steroid dienone is 4. The van der Waals surface area contributed by atoms with Crippen molar-refractivity contribution in [1.82, 2.24) is 0 Å². The topological polar surface area (TPSA) is 9.23 Å². The predicted molar refractivity (Wildman–Crippen MR) is 119 cm³/mol. The average molecular weight is 397 g/mol. The lowest BCUT2D eigenvalue weighted by Gasteiger charge is -2.27. The fraction of sp³-hybridized carbons (Fsp3) is 0.185. The molecule has 29 heavy (non-hydrogen) atoms. The number of halogens is 1. The molecule has 0 spiro atoms. The minimum absolute atomic E-state index is 0.00633. The number of rotatable bonds is 1. The number of para-hydroxylation sites is 1. The molecular weight excluding hydrogens is 376 g/mol. The maximum Gasteiger partial charge on any atom is 0.149 e. The van der Waals surface area contributed by atoms with Gasteiger partial charge in [0.15, 0.2) is 0 Å². The molecule has 0 radical (unpaired) electrons. The summed E-state index contributed by atoms with van der Waals surface area (Å²) in [6.45, 7) is 4.66. The molecule has 0 aromatic heterocycles. The summed E-state index contributed by atoms with van der Waals surface area (Å²) < 4.78 is 6.20. The molecule has 0 saturated heterocycles. The molecule has 3 aromatic carbocycles. The number of fused-ring (bicyclic) bond motifs is 6. The molecule has 1 aliphatic heterocycles. The van der Waals surface area contributed by atoms with Gasteiger partial charge in [-0.25, -0.2) is 0 Å². The summed E-state index contributed by atoms with van der Waals surface area (Å²) in [5, 5.41) is 0.682. The Kier molecular flexibility index (Phi) is 3.47. The van der Waals surface area contributed by atoms with Crippen LogP contribution in [0.3, 0.4) is 0 Å². The quantitative estimate of drug-likeness (QED) is 0.417. The Labute approximate surface area is 176 Å². The summed E-state index contributed by atoms with van der Waals surface area (Å²) in [5.41, 5.74) is 8.12. The van der Waals surface area contributed by atoms with Crippen LogP contribution in [0.2, 0.25) is 5.02 Å². The standard InChI is InChI=1S/C27H21ClO/c1-27(2)20-12-4-3-8-18(20)24-16(9-5-13-21(24)27)17-10-7-15-23-25(17)19-11-6-14-22(28)26(19)29-23/h3-15,17,25H,1-2H3. The van der Waals surface area contributed by atoms with Crippen molar-refractivity contribution in [2.75, 3.05) is 0 Å². The average Bonchev–Trinajstić information content (AvgIpc) is 3.23.